The molecule has 4 heteroatoms. The molecule has 2 N–H and O–H groups in total. The third-order valence-corrected chi connectivity index (χ3v) is 3.40. The third-order valence-electron chi connectivity index (χ3n) is 3.40. The summed E-state index contributed by atoms with van der Waals surface area (Å²) in [4.78, 5) is 1.94. The van der Waals surface area contributed by atoms with E-state index in [1.165, 1.54) is 0 Å². The second-order valence-corrected chi connectivity index (χ2v) is 6.60. The monoisotopic (exact) mass is 296 g/mol. The molecule has 0 aliphatic rings. The zero-order valence-corrected chi connectivity index (χ0v) is 13.7. The van der Waals surface area contributed by atoms with E-state index in [-0.39, 0.29) is 18.0 Å². The minimum Gasteiger partial charge on any atom is -0.396 e. The van der Waals surface area contributed by atoms with Crippen molar-refractivity contribution in [2.45, 2.75) is 52.1 Å². The van der Waals surface area contributed by atoms with Crippen molar-refractivity contribution in [1.29, 1.82) is 0 Å². The van der Waals surface area contributed by atoms with Crippen LogP contribution in [-0.2, 0) is 6.54 Å². The number of hydrogen-bond donors (Lipinski definition) is 2. The summed E-state index contributed by atoms with van der Waals surface area (Å²) in [6, 6.07) is 5.43. The summed E-state index contributed by atoms with van der Waals surface area (Å²) < 4.78 is 14.2. The number of aliphatic hydroxyl groups excluding tert-OH is 1. The molecule has 0 saturated heterocycles. The molecule has 120 valence electrons. The van der Waals surface area contributed by atoms with Crippen molar-refractivity contribution >= 4 is 5.69 Å². The molecule has 0 aliphatic carbocycles. The predicted octanol–water partition coefficient (Wildman–Crippen LogP) is 3.31. The Hall–Kier alpha value is -1.13. The third kappa shape index (κ3) is 6.91. The molecule has 0 aliphatic heterocycles. The van der Waals surface area contributed by atoms with Crippen molar-refractivity contribution < 1.29 is 9.50 Å². The molecular formula is C17H29FN2O. The van der Waals surface area contributed by atoms with Crippen LogP contribution >= 0.6 is 0 Å². The summed E-state index contributed by atoms with van der Waals surface area (Å²) >= 11 is 0. The molecule has 1 rings (SSSR count). The Morgan fingerprint density at radius 3 is 2.48 bits per heavy atom. The first kappa shape index (κ1) is 17.9. The highest BCUT2D eigenvalue weighted by atomic mass is 19.1. The van der Waals surface area contributed by atoms with E-state index in [1.807, 2.05) is 24.1 Å². The second-order valence-electron chi connectivity index (χ2n) is 6.60. The van der Waals surface area contributed by atoms with Gasteiger partial charge in [-0.3, -0.25) is 0 Å². The average molecular weight is 296 g/mol. The van der Waals surface area contributed by atoms with E-state index in [1.54, 1.807) is 6.07 Å². The van der Waals surface area contributed by atoms with Crippen LogP contribution in [0.2, 0.25) is 0 Å². The quantitative estimate of drug-likeness (QED) is 0.722. The summed E-state index contributed by atoms with van der Waals surface area (Å²) in [5.74, 6) is -0.173. The molecule has 21 heavy (non-hydrogen) atoms. The lowest BCUT2D eigenvalue weighted by molar-refractivity contribution is 0.283. The summed E-state index contributed by atoms with van der Waals surface area (Å²) in [7, 11) is 1.91. The first-order valence-electron chi connectivity index (χ1n) is 7.69. The van der Waals surface area contributed by atoms with Gasteiger partial charge in [0.25, 0.3) is 0 Å². The zero-order chi connectivity index (χ0) is 15.9. The lowest BCUT2D eigenvalue weighted by Crippen LogP contribution is -2.35. The minimum absolute atomic E-state index is 0.0264. The van der Waals surface area contributed by atoms with Gasteiger partial charge >= 0.3 is 0 Å². The van der Waals surface area contributed by atoms with Crippen molar-refractivity contribution in [3.05, 3.63) is 29.6 Å². The van der Waals surface area contributed by atoms with E-state index in [2.05, 4.69) is 26.1 Å². The van der Waals surface area contributed by atoms with Crippen LogP contribution in [0.5, 0.6) is 0 Å². The Morgan fingerprint density at radius 1 is 1.19 bits per heavy atom. The molecule has 0 radical (unpaired) electrons. The molecule has 0 aromatic heterocycles. The zero-order valence-electron chi connectivity index (χ0n) is 13.7. The number of aliphatic hydroxyl groups is 1. The van der Waals surface area contributed by atoms with Gasteiger partial charge in [0.2, 0.25) is 0 Å². The molecule has 0 unspecified atom stereocenters. The van der Waals surface area contributed by atoms with Crippen LogP contribution in [0.1, 0.15) is 45.6 Å². The number of rotatable bonds is 8. The van der Waals surface area contributed by atoms with Gasteiger partial charge in [-0.15, -0.1) is 0 Å². The van der Waals surface area contributed by atoms with Gasteiger partial charge in [-0.05, 0) is 57.7 Å². The van der Waals surface area contributed by atoms with Crippen LogP contribution in [0.15, 0.2) is 18.2 Å². The van der Waals surface area contributed by atoms with Crippen molar-refractivity contribution in [2.75, 3.05) is 25.1 Å². The van der Waals surface area contributed by atoms with Crippen LogP contribution in [0.4, 0.5) is 10.1 Å². The number of nitrogens with one attached hydrogen (secondary N) is 1. The summed E-state index contributed by atoms with van der Waals surface area (Å²) in [5, 5.41) is 12.1. The lowest BCUT2D eigenvalue weighted by atomic mass is 10.1. The molecule has 0 heterocycles. The lowest BCUT2D eigenvalue weighted by Gasteiger charge is -2.22. The number of hydrogen-bond acceptors (Lipinski definition) is 3. The molecule has 0 saturated carbocycles. The van der Waals surface area contributed by atoms with Gasteiger partial charge in [-0.25, -0.2) is 4.39 Å². The van der Waals surface area contributed by atoms with Crippen LogP contribution in [0.3, 0.4) is 0 Å². The fourth-order valence-electron chi connectivity index (χ4n) is 2.10. The predicted molar refractivity (Wildman–Crippen MR) is 87.2 cm³/mol. The Labute approximate surface area is 128 Å². The SMILES string of the molecule is CN(CCCCCO)c1ccc(CNC(C)(C)C)cc1F. The molecule has 0 fully saturated rings. The topological polar surface area (TPSA) is 35.5 Å². The van der Waals surface area contributed by atoms with Crippen LogP contribution < -0.4 is 10.2 Å². The van der Waals surface area contributed by atoms with Gasteiger partial charge < -0.3 is 15.3 Å². The van der Waals surface area contributed by atoms with Crippen LogP contribution in [0.25, 0.3) is 0 Å². The van der Waals surface area contributed by atoms with E-state index in [9.17, 15) is 4.39 Å². The van der Waals surface area contributed by atoms with Crippen LogP contribution in [0, 0.1) is 5.82 Å². The Balaban J connectivity index is 2.56. The molecule has 0 bridgehead atoms. The van der Waals surface area contributed by atoms with Crippen molar-refractivity contribution in [2.24, 2.45) is 0 Å². The number of anilines is 1. The van der Waals surface area contributed by atoms with Crippen LogP contribution in [-0.4, -0.2) is 30.8 Å². The van der Waals surface area contributed by atoms with E-state index in [0.717, 1.165) is 31.4 Å². The highest BCUT2D eigenvalue weighted by Crippen LogP contribution is 2.20. The Kier molecular flexibility index (Phi) is 7.12. The Morgan fingerprint density at radius 2 is 1.90 bits per heavy atom. The van der Waals surface area contributed by atoms with E-state index >= 15 is 0 Å². The van der Waals surface area contributed by atoms with E-state index in [0.29, 0.717) is 12.2 Å². The molecule has 0 amide bonds. The summed E-state index contributed by atoms with van der Waals surface area (Å²) in [6.07, 6.45) is 2.74. The molecule has 0 spiro atoms. The normalized spacial score (nSPS) is 11.7. The standard InChI is InChI=1S/C17H29FN2O/c1-17(2,3)19-13-14-8-9-16(15(18)12-14)20(4)10-6-5-7-11-21/h8-9,12,19,21H,5-7,10-11,13H2,1-4H3. The van der Waals surface area contributed by atoms with Gasteiger partial charge in [0.1, 0.15) is 5.82 Å². The Bertz CT molecular complexity index is 429. The van der Waals surface area contributed by atoms with Gasteiger partial charge in [-0.2, -0.15) is 0 Å². The number of benzene rings is 1. The van der Waals surface area contributed by atoms with Crippen molar-refractivity contribution in [3.63, 3.8) is 0 Å². The highest BCUT2D eigenvalue weighted by Gasteiger charge is 2.11. The summed E-state index contributed by atoms with van der Waals surface area (Å²) in [6.45, 7) is 7.98. The molecule has 1 aromatic carbocycles. The number of halogens is 1. The first-order valence-corrected chi connectivity index (χ1v) is 7.69. The number of nitrogens with zero attached hydrogens (tertiary/aromatic N) is 1. The van der Waals surface area contributed by atoms with Crippen molar-refractivity contribution in [3.8, 4) is 0 Å². The largest absolute Gasteiger partial charge is 0.396 e. The molecule has 1 aromatic rings. The maximum Gasteiger partial charge on any atom is 0.146 e. The fraction of sp³-hybridized carbons (Fsp3) is 0.647. The smallest absolute Gasteiger partial charge is 0.146 e. The first-order chi connectivity index (χ1) is 9.83. The second kappa shape index (κ2) is 8.35. The molecule has 0 atom stereocenters. The minimum atomic E-state index is -0.173. The van der Waals surface area contributed by atoms with Crippen molar-refractivity contribution in [1.82, 2.24) is 5.32 Å². The fourth-order valence-corrected chi connectivity index (χ4v) is 2.10. The average Bonchev–Trinajstić information content (AvgIpc) is 2.40. The highest BCUT2D eigenvalue weighted by molar-refractivity contribution is 5.48. The summed E-state index contributed by atoms with van der Waals surface area (Å²) in [5.41, 5.74) is 1.62. The van der Waals surface area contributed by atoms with Gasteiger partial charge in [0.05, 0.1) is 5.69 Å². The maximum absolute atomic E-state index is 14.2. The van der Waals surface area contributed by atoms with Gasteiger partial charge in [0, 0.05) is 32.3 Å². The molecular weight excluding hydrogens is 267 g/mol. The van der Waals surface area contributed by atoms with E-state index < -0.39 is 0 Å². The van der Waals surface area contributed by atoms with Gasteiger partial charge in [0.15, 0.2) is 0 Å². The number of unbranched alkanes of at least 4 members (excludes halogenated alkanes) is 2. The molecule has 3 nitrogen and oxygen atoms in total. The van der Waals surface area contributed by atoms with E-state index in [4.69, 9.17) is 5.11 Å². The maximum atomic E-state index is 14.2. The van der Waals surface area contributed by atoms with Gasteiger partial charge in [-0.1, -0.05) is 6.07 Å².